The van der Waals surface area contributed by atoms with Crippen LogP contribution in [0, 0.1) is 6.92 Å². The van der Waals surface area contributed by atoms with Crippen molar-refractivity contribution in [2.75, 3.05) is 14.2 Å². The highest BCUT2D eigenvalue weighted by Crippen LogP contribution is 2.44. The number of aryl methyl sites for hydroxylation is 1. The molecule has 1 aromatic carbocycles. The summed E-state index contributed by atoms with van der Waals surface area (Å²) in [6.07, 6.45) is -3.47. The number of methoxy groups -OCH3 is 2. The van der Waals surface area contributed by atoms with Gasteiger partial charge in [0.25, 0.3) is 0 Å². The summed E-state index contributed by atoms with van der Waals surface area (Å²) in [5, 5.41) is 15.7. The highest BCUT2D eigenvalue weighted by molar-refractivity contribution is 5.72. The predicted molar refractivity (Wildman–Crippen MR) is 100 cm³/mol. The number of hydrogen-bond acceptors (Lipinski definition) is 8. The van der Waals surface area contributed by atoms with Crippen LogP contribution in [-0.2, 0) is 5.66 Å². The lowest BCUT2D eigenvalue weighted by molar-refractivity contribution is -0.274. The average molecular weight is 423 g/mol. The zero-order valence-electron chi connectivity index (χ0n) is 16.8. The Hall–Kier alpha value is -3.24. The Kier molecular flexibility index (Phi) is 5.90. The smallest absolute Gasteiger partial charge is 0.496 e. The summed E-state index contributed by atoms with van der Waals surface area (Å²) < 4.78 is 52.3. The Labute approximate surface area is 170 Å². The first-order chi connectivity index (χ1) is 14.2. The van der Waals surface area contributed by atoms with Gasteiger partial charge in [-0.3, -0.25) is 0 Å². The summed E-state index contributed by atoms with van der Waals surface area (Å²) in [7, 11) is 2.82. The molecular weight excluding hydrogens is 403 g/mol. The van der Waals surface area contributed by atoms with Crippen LogP contribution in [0.1, 0.15) is 30.9 Å². The van der Waals surface area contributed by atoms with E-state index in [1.165, 1.54) is 26.4 Å². The minimum absolute atomic E-state index is 0.172. The summed E-state index contributed by atoms with van der Waals surface area (Å²) in [6, 6.07) is 5.62. The molecule has 0 saturated heterocycles. The summed E-state index contributed by atoms with van der Waals surface area (Å²) in [4.78, 5) is 4.58. The zero-order chi connectivity index (χ0) is 21.9. The van der Waals surface area contributed by atoms with Gasteiger partial charge in [-0.1, -0.05) is 13.3 Å². The van der Waals surface area contributed by atoms with Crippen LogP contribution in [0.5, 0.6) is 17.4 Å². The molecule has 2 heterocycles. The van der Waals surface area contributed by atoms with Crippen LogP contribution < -0.4 is 14.2 Å². The van der Waals surface area contributed by atoms with E-state index in [0.717, 1.165) is 18.1 Å². The van der Waals surface area contributed by atoms with Crippen molar-refractivity contribution in [2.24, 2.45) is 20.7 Å². The van der Waals surface area contributed by atoms with E-state index >= 15 is 0 Å². The number of pyridine rings is 1. The van der Waals surface area contributed by atoms with E-state index in [2.05, 4.69) is 30.4 Å². The van der Waals surface area contributed by atoms with Crippen molar-refractivity contribution in [2.45, 2.75) is 38.7 Å². The maximum atomic E-state index is 12.5. The molecule has 0 bridgehead atoms. The third-order valence-corrected chi connectivity index (χ3v) is 4.52. The zero-order valence-corrected chi connectivity index (χ0v) is 16.8. The Morgan fingerprint density at radius 2 is 1.73 bits per heavy atom. The summed E-state index contributed by atoms with van der Waals surface area (Å²) in [5.74, 6) is 0.0465. The van der Waals surface area contributed by atoms with E-state index in [-0.39, 0.29) is 11.6 Å². The summed E-state index contributed by atoms with van der Waals surface area (Å²) >= 11 is 0. The average Bonchev–Trinajstić information content (AvgIpc) is 3.16. The lowest BCUT2D eigenvalue weighted by Crippen LogP contribution is -2.20. The predicted octanol–water partition coefficient (Wildman–Crippen LogP) is 5.76. The standard InChI is InChI=1S/C19H20F3N5O3/c1-5-8-18(24-26-27-25-18)14-9-11(2)16(23-17(14)29-4)13-7-6-12(10-15(13)28-3)30-19(20,21)22/h6-7,9-10H,5,8H2,1-4H3. The topological polar surface area (TPSA) is 90.0 Å². The minimum Gasteiger partial charge on any atom is -0.496 e. The number of hydrogen-bond donors (Lipinski definition) is 0. The highest BCUT2D eigenvalue weighted by atomic mass is 19.4. The van der Waals surface area contributed by atoms with Gasteiger partial charge in [0.15, 0.2) is 0 Å². The molecule has 0 N–H and O–H groups in total. The summed E-state index contributed by atoms with van der Waals surface area (Å²) in [5.41, 5.74) is 1.28. The SMILES string of the molecule is CCCC1(c2cc(C)c(-c3ccc(OC(F)(F)F)cc3OC)nc2OC)N=NN=N1. The van der Waals surface area contributed by atoms with E-state index in [0.29, 0.717) is 23.2 Å². The molecule has 11 heteroatoms. The van der Waals surface area contributed by atoms with Gasteiger partial charge in [-0.15, -0.1) is 23.4 Å². The molecule has 2 aromatic rings. The second kappa shape index (κ2) is 8.25. The molecule has 160 valence electrons. The molecular formula is C19H20F3N5O3. The molecule has 0 amide bonds. The van der Waals surface area contributed by atoms with Crippen LogP contribution in [0.15, 0.2) is 44.9 Å². The van der Waals surface area contributed by atoms with Crippen molar-refractivity contribution in [3.63, 3.8) is 0 Å². The molecule has 1 aliphatic heterocycles. The maximum Gasteiger partial charge on any atom is 0.573 e. The number of ether oxygens (including phenoxy) is 3. The Morgan fingerprint density at radius 1 is 1.03 bits per heavy atom. The van der Waals surface area contributed by atoms with Gasteiger partial charge in [0.2, 0.25) is 11.5 Å². The third kappa shape index (κ3) is 4.19. The van der Waals surface area contributed by atoms with Gasteiger partial charge in [-0.05, 0) is 41.1 Å². The number of nitrogens with zero attached hydrogens (tertiary/aromatic N) is 5. The molecule has 0 aliphatic carbocycles. The third-order valence-electron chi connectivity index (χ3n) is 4.52. The molecule has 0 radical (unpaired) electrons. The molecule has 0 saturated carbocycles. The van der Waals surface area contributed by atoms with Crippen molar-refractivity contribution < 1.29 is 27.4 Å². The van der Waals surface area contributed by atoms with Crippen LogP contribution in [0.2, 0.25) is 0 Å². The van der Waals surface area contributed by atoms with E-state index in [9.17, 15) is 13.2 Å². The van der Waals surface area contributed by atoms with Crippen molar-refractivity contribution in [3.05, 3.63) is 35.4 Å². The van der Waals surface area contributed by atoms with Crippen molar-refractivity contribution in [1.82, 2.24) is 4.98 Å². The van der Waals surface area contributed by atoms with Gasteiger partial charge in [0, 0.05) is 18.1 Å². The Morgan fingerprint density at radius 3 is 2.30 bits per heavy atom. The highest BCUT2D eigenvalue weighted by Gasteiger charge is 2.39. The first-order valence-electron chi connectivity index (χ1n) is 9.07. The Balaban J connectivity index is 2.10. The number of alkyl halides is 3. The van der Waals surface area contributed by atoms with E-state index in [1.54, 1.807) is 0 Å². The number of aromatic nitrogens is 1. The second-order valence-electron chi connectivity index (χ2n) is 6.57. The van der Waals surface area contributed by atoms with Crippen LogP contribution in [-0.4, -0.2) is 25.6 Å². The largest absolute Gasteiger partial charge is 0.573 e. The minimum atomic E-state index is -4.80. The van der Waals surface area contributed by atoms with Gasteiger partial charge in [-0.25, -0.2) is 4.98 Å². The molecule has 3 rings (SSSR count). The number of halogens is 3. The van der Waals surface area contributed by atoms with Crippen molar-refractivity contribution in [1.29, 1.82) is 0 Å². The summed E-state index contributed by atoms with van der Waals surface area (Å²) in [6.45, 7) is 3.80. The van der Waals surface area contributed by atoms with Gasteiger partial charge in [0.1, 0.15) is 11.5 Å². The monoisotopic (exact) mass is 423 g/mol. The number of benzene rings is 1. The van der Waals surface area contributed by atoms with Gasteiger partial charge in [0.05, 0.1) is 25.5 Å². The fourth-order valence-corrected chi connectivity index (χ4v) is 3.27. The first-order valence-corrected chi connectivity index (χ1v) is 9.07. The Bertz CT molecular complexity index is 980. The van der Waals surface area contributed by atoms with Crippen LogP contribution in [0.25, 0.3) is 11.3 Å². The maximum absolute atomic E-state index is 12.5. The van der Waals surface area contributed by atoms with Crippen LogP contribution in [0.4, 0.5) is 13.2 Å². The molecule has 1 aliphatic rings. The van der Waals surface area contributed by atoms with Crippen LogP contribution in [0.3, 0.4) is 0 Å². The molecule has 0 spiro atoms. The van der Waals surface area contributed by atoms with Crippen LogP contribution >= 0.6 is 0 Å². The lowest BCUT2D eigenvalue weighted by Gasteiger charge is -2.23. The first kappa shape index (κ1) is 21.5. The fourth-order valence-electron chi connectivity index (χ4n) is 3.27. The van der Waals surface area contributed by atoms with E-state index in [4.69, 9.17) is 9.47 Å². The van der Waals surface area contributed by atoms with Crippen molar-refractivity contribution >= 4 is 0 Å². The molecule has 1 aromatic heterocycles. The van der Waals surface area contributed by atoms with Crippen molar-refractivity contribution in [3.8, 4) is 28.6 Å². The van der Waals surface area contributed by atoms with Gasteiger partial charge in [-0.2, -0.15) is 0 Å². The fraction of sp³-hybridized carbons (Fsp3) is 0.421. The second-order valence-corrected chi connectivity index (χ2v) is 6.57. The van der Waals surface area contributed by atoms with E-state index < -0.39 is 17.8 Å². The molecule has 0 atom stereocenters. The normalized spacial score (nSPS) is 14.8. The van der Waals surface area contributed by atoms with Gasteiger partial charge < -0.3 is 14.2 Å². The molecule has 30 heavy (non-hydrogen) atoms. The van der Waals surface area contributed by atoms with Gasteiger partial charge >= 0.3 is 6.36 Å². The molecule has 8 nitrogen and oxygen atoms in total. The molecule has 0 fully saturated rings. The molecule has 0 unspecified atom stereocenters. The quantitative estimate of drug-likeness (QED) is 0.566. The lowest BCUT2D eigenvalue weighted by atomic mass is 9.94. The van der Waals surface area contributed by atoms with E-state index in [1.807, 2.05) is 19.9 Å². The number of rotatable bonds is 7.